The van der Waals surface area contributed by atoms with Crippen molar-refractivity contribution in [3.8, 4) is 5.82 Å². The Morgan fingerprint density at radius 2 is 2.27 bits per heavy atom. The first-order valence-corrected chi connectivity index (χ1v) is 5.01. The summed E-state index contributed by atoms with van der Waals surface area (Å²) < 4.78 is 2.53. The van der Waals surface area contributed by atoms with Crippen LogP contribution < -0.4 is 11.3 Å². The van der Waals surface area contributed by atoms with Gasteiger partial charge in [-0.1, -0.05) is 0 Å². The van der Waals surface area contributed by atoms with E-state index in [4.69, 9.17) is 5.84 Å². The van der Waals surface area contributed by atoms with Crippen LogP contribution in [0.5, 0.6) is 0 Å². The standard InChI is InChI=1S/C8H9BrN6/c1-5-2-7(13-8(12-5)14-10)15-4-6(9)3-11-15/h2-4H,10H2,1H3,(H,12,13,14). The van der Waals surface area contributed by atoms with Crippen LogP contribution in [0, 0.1) is 6.92 Å². The number of hydrogen-bond acceptors (Lipinski definition) is 5. The van der Waals surface area contributed by atoms with E-state index in [1.807, 2.05) is 19.2 Å². The highest BCUT2D eigenvalue weighted by Crippen LogP contribution is 2.12. The molecule has 0 fully saturated rings. The molecule has 0 saturated carbocycles. The van der Waals surface area contributed by atoms with Gasteiger partial charge in [0, 0.05) is 18.0 Å². The van der Waals surface area contributed by atoms with E-state index in [-0.39, 0.29) is 0 Å². The highest BCUT2D eigenvalue weighted by atomic mass is 79.9. The van der Waals surface area contributed by atoms with E-state index in [2.05, 4.69) is 36.4 Å². The van der Waals surface area contributed by atoms with Crippen LogP contribution >= 0.6 is 15.9 Å². The summed E-state index contributed by atoms with van der Waals surface area (Å²) in [6.45, 7) is 1.87. The SMILES string of the molecule is Cc1cc(-n2cc(Br)cn2)nc(NN)n1. The van der Waals surface area contributed by atoms with Gasteiger partial charge in [-0.3, -0.25) is 5.43 Å². The van der Waals surface area contributed by atoms with Gasteiger partial charge in [0.2, 0.25) is 5.95 Å². The molecule has 3 N–H and O–H groups in total. The van der Waals surface area contributed by atoms with Crippen molar-refractivity contribution < 1.29 is 0 Å². The molecule has 78 valence electrons. The lowest BCUT2D eigenvalue weighted by atomic mass is 10.4. The van der Waals surface area contributed by atoms with Crippen LogP contribution in [0.1, 0.15) is 5.69 Å². The summed E-state index contributed by atoms with van der Waals surface area (Å²) >= 11 is 3.32. The quantitative estimate of drug-likeness (QED) is 0.628. The van der Waals surface area contributed by atoms with Crippen LogP contribution in [-0.2, 0) is 0 Å². The van der Waals surface area contributed by atoms with E-state index in [9.17, 15) is 0 Å². The summed E-state index contributed by atoms with van der Waals surface area (Å²) in [5.74, 6) is 6.30. The van der Waals surface area contributed by atoms with Gasteiger partial charge in [-0.05, 0) is 22.9 Å². The minimum Gasteiger partial charge on any atom is -0.292 e. The second-order valence-corrected chi connectivity index (χ2v) is 3.85. The third-order valence-electron chi connectivity index (χ3n) is 1.76. The maximum Gasteiger partial charge on any atom is 0.239 e. The minimum atomic E-state index is 0.372. The zero-order chi connectivity index (χ0) is 10.8. The van der Waals surface area contributed by atoms with Crippen LogP contribution in [-0.4, -0.2) is 19.7 Å². The lowest BCUT2D eigenvalue weighted by Crippen LogP contribution is -2.12. The Bertz CT molecular complexity index is 480. The van der Waals surface area contributed by atoms with Crippen molar-refractivity contribution in [3.05, 3.63) is 28.6 Å². The Hall–Kier alpha value is -1.47. The molecule has 2 aromatic rings. The third-order valence-corrected chi connectivity index (χ3v) is 2.17. The van der Waals surface area contributed by atoms with Crippen molar-refractivity contribution in [2.24, 2.45) is 5.84 Å². The van der Waals surface area contributed by atoms with Crippen LogP contribution in [0.2, 0.25) is 0 Å². The monoisotopic (exact) mass is 268 g/mol. The molecule has 2 heterocycles. The summed E-state index contributed by atoms with van der Waals surface area (Å²) in [6.07, 6.45) is 3.50. The molecule has 0 atom stereocenters. The van der Waals surface area contributed by atoms with Crippen molar-refractivity contribution in [2.75, 3.05) is 5.43 Å². The predicted octanol–water partition coefficient (Wildman–Crippen LogP) is 1.02. The molecule has 0 amide bonds. The molecular weight excluding hydrogens is 260 g/mol. The number of aryl methyl sites for hydroxylation is 1. The van der Waals surface area contributed by atoms with Gasteiger partial charge in [-0.25, -0.2) is 15.5 Å². The molecule has 0 aliphatic carbocycles. The smallest absolute Gasteiger partial charge is 0.239 e. The maximum atomic E-state index is 5.26. The molecule has 2 aromatic heterocycles. The summed E-state index contributed by atoms with van der Waals surface area (Å²) in [5.41, 5.74) is 3.23. The molecule has 0 saturated heterocycles. The number of hydrogen-bond donors (Lipinski definition) is 2. The number of anilines is 1. The molecule has 2 rings (SSSR count). The lowest BCUT2D eigenvalue weighted by Gasteiger charge is -2.04. The molecule has 0 aromatic carbocycles. The Morgan fingerprint density at radius 1 is 1.47 bits per heavy atom. The Morgan fingerprint density at radius 3 is 2.87 bits per heavy atom. The number of halogens is 1. The van der Waals surface area contributed by atoms with Crippen molar-refractivity contribution in [1.82, 2.24) is 19.7 Å². The van der Waals surface area contributed by atoms with E-state index < -0.39 is 0 Å². The predicted molar refractivity (Wildman–Crippen MR) is 59.4 cm³/mol. The summed E-state index contributed by atoms with van der Waals surface area (Å²) in [7, 11) is 0. The zero-order valence-corrected chi connectivity index (χ0v) is 9.56. The van der Waals surface area contributed by atoms with Gasteiger partial charge in [0.05, 0.1) is 10.7 Å². The molecule has 0 unspecified atom stereocenters. The van der Waals surface area contributed by atoms with E-state index in [0.717, 1.165) is 10.2 Å². The van der Waals surface area contributed by atoms with Crippen molar-refractivity contribution in [2.45, 2.75) is 6.92 Å². The number of hydrazine groups is 1. The van der Waals surface area contributed by atoms with Gasteiger partial charge in [-0.15, -0.1) is 0 Å². The number of nitrogens with two attached hydrogens (primary N) is 1. The maximum absolute atomic E-state index is 5.26. The van der Waals surface area contributed by atoms with E-state index in [1.165, 1.54) is 0 Å². The fraction of sp³-hybridized carbons (Fsp3) is 0.125. The van der Waals surface area contributed by atoms with Gasteiger partial charge in [0.25, 0.3) is 0 Å². The van der Waals surface area contributed by atoms with Gasteiger partial charge in [0.15, 0.2) is 5.82 Å². The average Bonchev–Trinajstić information content (AvgIpc) is 2.64. The molecule has 6 nitrogen and oxygen atoms in total. The fourth-order valence-electron chi connectivity index (χ4n) is 1.16. The van der Waals surface area contributed by atoms with Crippen molar-refractivity contribution >= 4 is 21.9 Å². The first kappa shape index (κ1) is 10.1. The van der Waals surface area contributed by atoms with E-state index in [1.54, 1.807) is 10.9 Å². The highest BCUT2D eigenvalue weighted by molar-refractivity contribution is 9.10. The molecule has 0 aliphatic rings. The second kappa shape index (κ2) is 3.95. The molecule has 7 heteroatoms. The van der Waals surface area contributed by atoms with Crippen LogP contribution in [0.3, 0.4) is 0 Å². The molecule has 0 bridgehead atoms. The molecule has 15 heavy (non-hydrogen) atoms. The zero-order valence-electron chi connectivity index (χ0n) is 7.98. The van der Waals surface area contributed by atoms with Crippen molar-refractivity contribution in [1.29, 1.82) is 0 Å². The Kier molecular flexibility index (Phi) is 2.65. The van der Waals surface area contributed by atoms with Gasteiger partial charge >= 0.3 is 0 Å². The number of aromatic nitrogens is 4. The normalized spacial score (nSPS) is 10.3. The van der Waals surface area contributed by atoms with Crippen LogP contribution in [0.15, 0.2) is 22.9 Å². The number of nitrogens with one attached hydrogen (secondary N) is 1. The molecule has 0 spiro atoms. The number of nitrogens with zero attached hydrogens (tertiary/aromatic N) is 4. The topological polar surface area (TPSA) is 81.7 Å². The highest BCUT2D eigenvalue weighted by Gasteiger charge is 2.04. The third kappa shape index (κ3) is 2.13. The Balaban J connectivity index is 2.48. The fourth-order valence-corrected chi connectivity index (χ4v) is 1.45. The summed E-state index contributed by atoms with van der Waals surface area (Å²) in [5, 5.41) is 4.11. The second-order valence-electron chi connectivity index (χ2n) is 2.94. The largest absolute Gasteiger partial charge is 0.292 e. The van der Waals surface area contributed by atoms with Crippen LogP contribution in [0.25, 0.3) is 5.82 Å². The molecule has 0 radical (unpaired) electrons. The number of rotatable bonds is 2. The van der Waals surface area contributed by atoms with Gasteiger partial charge in [0.1, 0.15) is 0 Å². The molecular formula is C8H9BrN6. The lowest BCUT2D eigenvalue weighted by molar-refractivity contribution is 0.835. The first-order valence-electron chi connectivity index (χ1n) is 4.22. The van der Waals surface area contributed by atoms with E-state index in [0.29, 0.717) is 11.8 Å². The number of nitrogen functional groups attached to an aromatic ring is 1. The average molecular weight is 269 g/mol. The first-order chi connectivity index (χ1) is 7.19. The van der Waals surface area contributed by atoms with Gasteiger partial charge < -0.3 is 0 Å². The van der Waals surface area contributed by atoms with Crippen LogP contribution in [0.4, 0.5) is 5.95 Å². The Labute approximate surface area is 94.6 Å². The van der Waals surface area contributed by atoms with Crippen molar-refractivity contribution in [3.63, 3.8) is 0 Å². The minimum absolute atomic E-state index is 0.372. The van der Waals surface area contributed by atoms with Gasteiger partial charge in [-0.2, -0.15) is 10.1 Å². The summed E-state index contributed by atoms with van der Waals surface area (Å²) in [4.78, 5) is 8.25. The summed E-state index contributed by atoms with van der Waals surface area (Å²) in [6, 6.07) is 1.82. The molecule has 0 aliphatic heterocycles. The van der Waals surface area contributed by atoms with E-state index >= 15 is 0 Å².